The molecule has 0 fully saturated rings. The molecule has 1 aromatic carbocycles. The SMILES string of the molecule is COc1cc(C/C(=C\c2cccnc2)P(=O)(OC(C)C)OC(C)C)cc(OC)c1O. The van der Waals surface area contributed by atoms with Crippen molar-refractivity contribution in [3.8, 4) is 17.2 Å². The van der Waals surface area contributed by atoms with E-state index < -0.39 is 7.60 Å². The van der Waals surface area contributed by atoms with Crippen LogP contribution in [0.1, 0.15) is 38.8 Å². The lowest BCUT2D eigenvalue weighted by Crippen LogP contribution is -2.10. The number of benzene rings is 1. The molecule has 0 aliphatic heterocycles. The number of phenols is 1. The Kier molecular flexibility index (Phi) is 8.47. The van der Waals surface area contributed by atoms with E-state index in [9.17, 15) is 9.67 Å². The molecule has 164 valence electrons. The minimum atomic E-state index is -3.64. The molecule has 0 aliphatic carbocycles. The van der Waals surface area contributed by atoms with Crippen molar-refractivity contribution in [3.63, 3.8) is 0 Å². The predicted molar refractivity (Wildman–Crippen MR) is 117 cm³/mol. The monoisotopic (exact) mass is 435 g/mol. The predicted octanol–water partition coefficient (Wildman–Crippen LogP) is 5.43. The molecule has 0 amide bonds. The Morgan fingerprint density at radius 3 is 2.10 bits per heavy atom. The van der Waals surface area contributed by atoms with Crippen molar-refractivity contribution in [2.24, 2.45) is 0 Å². The fourth-order valence-corrected chi connectivity index (χ4v) is 4.97. The van der Waals surface area contributed by atoms with Crippen LogP contribution in [-0.2, 0) is 20.0 Å². The normalized spacial score (nSPS) is 12.5. The van der Waals surface area contributed by atoms with Crippen LogP contribution in [0.4, 0.5) is 0 Å². The van der Waals surface area contributed by atoms with Gasteiger partial charge in [0.05, 0.1) is 26.4 Å². The molecule has 0 unspecified atom stereocenters. The number of methoxy groups -OCH3 is 2. The van der Waals surface area contributed by atoms with Crippen LogP contribution in [0.2, 0.25) is 0 Å². The lowest BCUT2D eigenvalue weighted by molar-refractivity contribution is 0.147. The zero-order valence-electron chi connectivity index (χ0n) is 18.3. The smallest absolute Gasteiger partial charge is 0.358 e. The third-order valence-corrected chi connectivity index (χ3v) is 6.38. The van der Waals surface area contributed by atoms with Crippen molar-refractivity contribution >= 4 is 13.7 Å². The van der Waals surface area contributed by atoms with Gasteiger partial charge in [0.1, 0.15) is 0 Å². The van der Waals surface area contributed by atoms with Gasteiger partial charge in [-0.05, 0) is 63.1 Å². The molecule has 2 aromatic rings. The average Bonchev–Trinajstić information content (AvgIpc) is 2.68. The van der Waals surface area contributed by atoms with E-state index >= 15 is 0 Å². The molecule has 2 rings (SSSR count). The van der Waals surface area contributed by atoms with Gasteiger partial charge in [-0.15, -0.1) is 0 Å². The van der Waals surface area contributed by atoms with Gasteiger partial charge < -0.3 is 23.6 Å². The Hall–Kier alpha value is -2.34. The second kappa shape index (κ2) is 10.6. The van der Waals surface area contributed by atoms with Gasteiger partial charge in [-0.25, -0.2) is 0 Å². The van der Waals surface area contributed by atoms with Crippen molar-refractivity contribution in [3.05, 3.63) is 53.1 Å². The molecule has 7 nitrogen and oxygen atoms in total. The first-order valence-corrected chi connectivity index (χ1v) is 11.2. The molecular weight excluding hydrogens is 405 g/mol. The Morgan fingerprint density at radius 2 is 1.67 bits per heavy atom. The molecule has 1 N–H and O–H groups in total. The summed E-state index contributed by atoms with van der Waals surface area (Å²) in [6.45, 7) is 7.24. The van der Waals surface area contributed by atoms with E-state index in [1.165, 1.54) is 14.2 Å². The van der Waals surface area contributed by atoms with Crippen LogP contribution >= 0.6 is 7.60 Å². The lowest BCUT2D eigenvalue weighted by atomic mass is 10.1. The number of allylic oxidation sites excluding steroid dienone is 1. The molecule has 8 heteroatoms. The molecule has 0 bridgehead atoms. The summed E-state index contributed by atoms with van der Waals surface area (Å²) in [5, 5.41) is 10.7. The summed E-state index contributed by atoms with van der Waals surface area (Å²) in [7, 11) is -0.727. The van der Waals surface area contributed by atoms with Gasteiger partial charge in [0.25, 0.3) is 0 Å². The fraction of sp³-hybridized carbons (Fsp3) is 0.409. The lowest BCUT2D eigenvalue weighted by Gasteiger charge is -2.25. The van der Waals surface area contributed by atoms with E-state index in [1.54, 1.807) is 36.7 Å². The molecule has 0 radical (unpaired) electrons. The Bertz CT molecular complexity index is 872. The molecule has 1 heterocycles. The Morgan fingerprint density at radius 1 is 1.10 bits per heavy atom. The topological polar surface area (TPSA) is 87.1 Å². The number of hydrogen-bond acceptors (Lipinski definition) is 7. The van der Waals surface area contributed by atoms with E-state index in [0.717, 1.165) is 11.1 Å². The highest BCUT2D eigenvalue weighted by molar-refractivity contribution is 7.58. The Balaban J connectivity index is 2.59. The van der Waals surface area contributed by atoms with Crippen molar-refractivity contribution in [2.45, 2.75) is 46.3 Å². The number of nitrogens with zero attached hydrogens (tertiary/aromatic N) is 1. The zero-order chi connectivity index (χ0) is 22.3. The highest BCUT2D eigenvalue weighted by Crippen LogP contribution is 2.59. The number of aromatic hydroxyl groups is 1. The minimum Gasteiger partial charge on any atom is -0.502 e. The highest BCUT2D eigenvalue weighted by Gasteiger charge is 2.33. The second-order valence-electron chi connectivity index (χ2n) is 7.25. The summed E-state index contributed by atoms with van der Waals surface area (Å²) in [4.78, 5) is 4.13. The van der Waals surface area contributed by atoms with Crippen LogP contribution in [0, 0.1) is 0 Å². The highest BCUT2D eigenvalue weighted by atomic mass is 31.2. The molecular formula is C22H30NO6P. The van der Waals surface area contributed by atoms with E-state index in [4.69, 9.17) is 18.5 Å². The van der Waals surface area contributed by atoms with Gasteiger partial charge in [0, 0.05) is 24.1 Å². The number of phenolic OH excluding ortho intramolecular Hbond substituents is 1. The van der Waals surface area contributed by atoms with Crippen LogP contribution in [-0.4, -0.2) is 36.5 Å². The maximum atomic E-state index is 13.9. The molecule has 30 heavy (non-hydrogen) atoms. The van der Waals surface area contributed by atoms with Crippen molar-refractivity contribution < 1.29 is 28.2 Å². The first kappa shape index (κ1) is 23.9. The number of pyridine rings is 1. The first-order chi connectivity index (χ1) is 14.2. The summed E-state index contributed by atoms with van der Waals surface area (Å²) in [5.74, 6) is 0.422. The van der Waals surface area contributed by atoms with Gasteiger partial charge >= 0.3 is 7.60 Å². The first-order valence-electron chi connectivity index (χ1n) is 9.70. The summed E-state index contributed by atoms with van der Waals surface area (Å²) < 4.78 is 36.0. The van der Waals surface area contributed by atoms with Crippen LogP contribution in [0.3, 0.4) is 0 Å². The van der Waals surface area contributed by atoms with Crippen molar-refractivity contribution in [1.29, 1.82) is 0 Å². The van der Waals surface area contributed by atoms with E-state index in [0.29, 0.717) is 5.31 Å². The molecule has 0 atom stereocenters. The molecule has 1 aromatic heterocycles. The quantitative estimate of drug-likeness (QED) is 0.498. The largest absolute Gasteiger partial charge is 0.502 e. The van der Waals surface area contributed by atoms with Crippen molar-refractivity contribution in [2.75, 3.05) is 14.2 Å². The van der Waals surface area contributed by atoms with Crippen LogP contribution < -0.4 is 9.47 Å². The number of rotatable bonds is 10. The van der Waals surface area contributed by atoms with Crippen LogP contribution in [0.25, 0.3) is 6.08 Å². The molecule has 0 aliphatic rings. The summed E-state index contributed by atoms with van der Waals surface area (Å²) in [5.41, 5.74) is 1.49. The average molecular weight is 435 g/mol. The van der Waals surface area contributed by atoms with Gasteiger partial charge in [0.15, 0.2) is 11.5 Å². The van der Waals surface area contributed by atoms with Crippen LogP contribution in [0.15, 0.2) is 42.0 Å². The zero-order valence-corrected chi connectivity index (χ0v) is 19.2. The fourth-order valence-electron chi connectivity index (χ4n) is 2.85. The second-order valence-corrected chi connectivity index (χ2v) is 9.24. The maximum Gasteiger partial charge on any atom is 0.358 e. The summed E-state index contributed by atoms with van der Waals surface area (Å²) in [6, 6.07) is 7.00. The number of hydrogen-bond donors (Lipinski definition) is 1. The number of aromatic nitrogens is 1. The van der Waals surface area contributed by atoms with E-state index in [1.807, 2.05) is 33.8 Å². The summed E-state index contributed by atoms with van der Waals surface area (Å²) in [6.07, 6.45) is 4.73. The minimum absolute atomic E-state index is 0.0958. The third kappa shape index (κ3) is 6.33. The van der Waals surface area contributed by atoms with E-state index in [-0.39, 0.29) is 35.9 Å². The molecule has 0 spiro atoms. The summed E-state index contributed by atoms with van der Waals surface area (Å²) >= 11 is 0. The van der Waals surface area contributed by atoms with Gasteiger partial charge in [-0.3, -0.25) is 9.55 Å². The van der Waals surface area contributed by atoms with Crippen molar-refractivity contribution in [1.82, 2.24) is 4.98 Å². The molecule has 0 saturated carbocycles. The third-order valence-electron chi connectivity index (χ3n) is 3.99. The Labute approximate surface area is 178 Å². The standard InChI is InChI=1S/C22H30NO6P/c1-15(2)28-30(25,29-16(3)4)19(10-17-8-7-9-23-14-17)11-18-12-20(26-5)22(24)21(13-18)27-6/h7-10,12-16,24H,11H2,1-6H3/b19-10+. The van der Waals surface area contributed by atoms with E-state index in [2.05, 4.69) is 4.98 Å². The van der Waals surface area contributed by atoms with Gasteiger partial charge in [-0.2, -0.15) is 0 Å². The maximum absolute atomic E-state index is 13.9. The number of ether oxygens (including phenoxy) is 2. The van der Waals surface area contributed by atoms with Gasteiger partial charge in [0.2, 0.25) is 5.75 Å². The van der Waals surface area contributed by atoms with Gasteiger partial charge in [-0.1, -0.05) is 6.07 Å². The van der Waals surface area contributed by atoms with Crippen LogP contribution in [0.5, 0.6) is 17.2 Å². The molecule has 0 saturated heterocycles.